The van der Waals surface area contributed by atoms with E-state index in [4.69, 9.17) is 0 Å². The SMILES string of the molecule is Cc1cc(C(C)C)nc(NCc2cccc(Br)c2)n1. The third-order valence-corrected chi connectivity index (χ3v) is 3.30. The largest absolute Gasteiger partial charge is 0.350 e. The molecule has 0 aliphatic rings. The first-order valence-corrected chi connectivity index (χ1v) is 7.18. The number of nitrogens with zero attached hydrogens (tertiary/aromatic N) is 2. The van der Waals surface area contributed by atoms with Crippen LogP contribution in [0.2, 0.25) is 0 Å². The van der Waals surface area contributed by atoms with Gasteiger partial charge in [-0.2, -0.15) is 0 Å². The molecule has 1 aromatic carbocycles. The standard InChI is InChI=1S/C15H18BrN3/c1-10(2)14-7-11(3)18-15(19-14)17-9-12-5-4-6-13(16)8-12/h4-8,10H,9H2,1-3H3,(H,17,18,19). The first-order chi connectivity index (χ1) is 9.04. The molecule has 0 radical (unpaired) electrons. The number of anilines is 1. The van der Waals surface area contributed by atoms with E-state index >= 15 is 0 Å². The molecule has 0 bridgehead atoms. The third-order valence-electron chi connectivity index (χ3n) is 2.81. The average molecular weight is 320 g/mol. The maximum absolute atomic E-state index is 4.54. The molecular formula is C15H18BrN3. The van der Waals surface area contributed by atoms with E-state index in [1.54, 1.807) is 0 Å². The van der Waals surface area contributed by atoms with Crippen LogP contribution in [0.15, 0.2) is 34.8 Å². The second-order valence-electron chi connectivity index (χ2n) is 4.90. The van der Waals surface area contributed by atoms with Crippen molar-refractivity contribution in [3.63, 3.8) is 0 Å². The van der Waals surface area contributed by atoms with Crippen LogP contribution in [0.1, 0.15) is 36.7 Å². The number of benzene rings is 1. The van der Waals surface area contributed by atoms with Gasteiger partial charge in [-0.25, -0.2) is 9.97 Å². The summed E-state index contributed by atoms with van der Waals surface area (Å²) >= 11 is 3.47. The summed E-state index contributed by atoms with van der Waals surface area (Å²) in [6.07, 6.45) is 0. The molecule has 4 heteroatoms. The van der Waals surface area contributed by atoms with E-state index in [2.05, 4.69) is 57.2 Å². The van der Waals surface area contributed by atoms with Crippen molar-refractivity contribution in [3.8, 4) is 0 Å². The van der Waals surface area contributed by atoms with Gasteiger partial charge in [0.05, 0.1) is 0 Å². The number of hydrogen-bond acceptors (Lipinski definition) is 3. The molecule has 1 N–H and O–H groups in total. The molecule has 0 saturated carbocycles. The van der Waals surface area contributed by atoms with Crippen LogP contribution in [-0.4, -0.2) is 9.97 Å². The third kappa shape index (κ3) is 4.03. The van der Waals surface area contributed by atoms with E-state index in [0.717, 1.165) is 22.4 Å². The fourth-order valence-electron chi connectivity index (χ4n) is 1.80. The van der Waals surface area contributed by atoms with E-state index in [0.29, 0.717) is 11.9 Å². The topological polar surface area (TPSA) is 37.8 Å². The molecule has 0 fully saturated rings. The zero-order chi connectivity index (χ0) is 13.8. The van der Waals surface area contributed by atoms with Gasteiger partial charge < -0.3 is 5.32 Å². The minimum Gasteiger partial charge on any atom is -0.350 e. The summed E-state index contributed by atoms with van der Waals surface area (Å²) in [5, 5.41) is 3.28. The Labute approximate surface area is 122 Å². The summed E-state index contributed by atoms with van der Waals surface area (Å²) in [5.41, 5.74) is 3.27. The van der Waals surface area contributed by atoms with E-state index < -0.39 is 0 Å². The molecule has 0 amide bonds. The van der Waals surface area contributed by atoms with Crippen molar-refractivity contribution >= 4 is 21.9 Å². The number of aromatic nitrogens is 2. The van der Waals surface area contributed by atoms with Gasteiger partial charge in [-0.05, 0) is 36.6 Å². The summed E-state index contributed by atoms with van der Waals surface area (Å²) in [6.45, 7) is 7.00. The highest BCUT2D eigenvalue weighted by Gasteiger charge is 2.05. The molecule has 0 unspecified atom stereocenters. The van der Waals surface area contributed by atoms with E-state index in [1.807, 2.05) is 25.1 Å². The van der Waals surface area contributed by atoms with Crippen molar-refractivity contribution in [1.82, 2.24) is 9.97 Å². The molecular weight excluding hydrogens is 302 g/mol. The lowest BCUT2D eigenvalue weighted by Gasteiger charge is -2.10. The van der Waals surface area contributed by atoms with Crippen LogP contribution in [0.4, 0.5) is 5.95 Å². The van der Waals surface area contributed by atoms with Crippen LogP contribution in [0.3, 0.4) is 0 Å². The Morgan fingerprint density at radius 3 is 2.68 bits per heavy atom. The van der Waals surface area contributed by atoms with Gasteiger partial charge in [0.1, 0.15) is 0 Å². The highest BCUT2D eigenvalue weighted by atomic mass is 79.9. The van der Waals surface area contributed by atoms with E-state index in [-0.39, 0.29) is 0 Å². The molecule has 0 aliphatic carbocycles. The molecule has 3 nitrogen and oxygen atoms in total. The zero-order valence-electron chi connectivity index (χ0n) is 11.4. The molecule has 2 rings (SSSR count). The molecule has 19 heavy (non-hydrogen) atoms. The van der Waals surface area contributed by atoms with Crippen molar-refractivity contribution in [2.75, 3.05) is 5.32 Å². The molecule has 0 saturated heterocycles. The van der Waals surface area contributed by atoms with E-state index in [1.165, 1.54) is 5.56 Å². The highest BCUT2D eigenvalue weighted by Crippen LogP contribution is 2.16. The highest BCUT2D eigenvalue weighted by molar-refractivity contribution is 9.10. The summed E-state index contributed by atoms with van der Waals surface area (Å²) < 4.78 is 1.08. The summed E-state index contributed by atoms with van der Waals surface area (Å²) in [7, 11) is 0. The van der Waals surface area contributed by atoms with Gasteiger partial charge in [-0.15, -0.1) is 0 Å². The average Bonchev–Trinajstić information content (AvgIpc) is 2.36. The molecule has 0 atom stereocenters. The van der Waals surface area contributed by atoms with Crippen LogP contribution in [0.25, 0.3) is 0 Å². The fraction of sp³-hybridized carbons (Fsp3) is 0.333. The second kappa shape index (κ2) is 6.15. The quantitative estimate of drug-likeness (QED) is 0.913. The Balaban J connectivity index is 2.11. The summed E-state index contributed by atoms with van der Waals surface area (Å²) in [5.74, 6) is 1.11. The van der Waals surface area contributed by atoms with Gasteiger partial charge >= 0.3 is 0 Å². The molecule has 100 valence electrons. The van der Waals surface area contributed by atoms with Crippen molar-refractivity contribution in [3.05, 3.63) is 51.8 Å². The molecule has 0 aliphatic heterocycles. The molecule has 2 aromatic rings. The maximum Gasteiger partial charge on any atom is 0.223 e. The number of nitrogens with one attached hydrogen (secondary N) is 1. The number of hydrogen-bond donors (Lipinski definition) is 1. The predicted molar refractivity (Wildman–Crippen MR) is 82.3 cm³/mol. The Bertz CT molecular complexity index is 567. The van der Waals surface area contributed by atoms with Gasteiger partial charge in [0.25, 0.3) is 0 Å². The van der Waals surface area contributed by atoms with Gasteiger partial charge in [-0.3, -0.25) is 0 Å². The first-order valence-electron chi connectivity index (χ1n) is 6.38. The lowest BCUT2D eigenvalue weighted by Crippen LogP contribution is -2.07. The monoisotopic (exact) mass is 319 g/mol. The molecule has 1 heterocycles. The van der Waals surface area contributed by atoms with Crippen LogP contribution >= 0.6 is 15.9 Å². The number of aryl methyl sites for hydroxylation is 1. The van der Waals surface area contributed by atoms with Crippen molar-refractivity contribution in [2.45, 2.75) is 33.2 Å². The van der Waals surface area contributed by atoms with Crippen LogP contribution in [0, 0.1) is 6.92 Å². The van der Waals surface area contributed by atoms with Crippen LogP contribution in [-0.2, 0) is 6.54 Å². The Morgan fingerprint density at radius 2 is 2.00 bits per heavy atom. The minimum atomic E-state index is 0.410. The van der Waals surface area contributed by atoms with Gasteiger partial charge in [0.2, 0.25) is 5.95 Å². The first kappa shape index (κ1) is 14.0. The van der Waals surface area contributed by atoms with Crippen molar-refractivity contribution in [1.29, 1.82) is 0 Å². The van der Waals surface area contributed by atoms with Crippen molar-refractivity contribution < 1.29 is 0 Å². The predicted octanol–water partition coefficient (Wildman–Crippen LogP) is 4.28. The normalized spacial score (nSPS) is 10.8. The number of rotatable bonds is 4. The van der Waals surface area contributed by atoms with Gasteiger partial charge in [-0.1, -0.05) is 41.9 Å². The molecule has 0 spiro atoms. The lowest BCUT2D eigenvalue weighted by atomic mass is 10.1. The van der Waals surface area contributed by atoms with Gasteiger partial charge in [0.15, 0.2) is 0 Å². The molecule has 1 aromatic heterocycles. The zero-order valence-corrected chi connectivity index (χ0v) is 13.0. The maximum atomic E-state index is 4.54. The Hall–Kier alpha value is -1.42. The summed E-state index contributed by atoms with van der Waals surface area (Å²) in [4.78, 5) is 8.96. The van der Waals surface area contributed by atoms with Gasteiger partial charge in [0, 0.05) is 22.4 Å². The van der Waals surface area contributed by atoms with Crippen LogP contribution < -0.4 is 5.32 Å². The van der Waals surface area contributed by atoms with Crippen LogP contribution in [0.5, 0.6) is 0 Å². The summed E-state index contributed by atoms with van der Waals surface area (Å²) in [6, 6.07) is 10.2. The lowest BCUT2D eigenvalue weighted by molar-refractivity contribution is 0.808. The Morgan fingerprint density at radius 1 is 1.21 bits per heavy atom. The van der Waals surface area contributed by atoms with E-state index in [9.17, 15) is 0 Å². The number of halogens is 1. The Kier molecular flexibility index (Phi) is 4.53. The fourth-order valence-corrected chi connectivity index (χ4v) is 2.24. The minimum absolute atomic E-state index is 0.410. The van der Waals surface area contributed by atoms with Crippen molar-refractivity contribution in [2.24, 2.45) is 0 Å². The smallest absolute Gasteiger partial charge is 0.223 e. The second-order valence-corrected chi connectivity index (χ2v) is 5.81.